The van der Waals surface area contributed by atoms with E-state index in [1.54, 1.807) is 0 Å². The summed E-state index contributed by atoms with van der Waals surface area (Å²) in [6.07, 6.45) is 2.66. The minimum absolute atomic E-state index is 0.561. The van der Waals surface area contributed by atoms with Gasteiger partial charge in [0, 0.05) is 12.1 Å². The van der Waals surface area contributed by atoms with E-state index in [0.29, 0.717) is 12.0 Å². The molecule has 1 aliphatic heterocycles. The summed E-state index contributed by atoms with van der Waals surface area (Å²) in [6, 6.07) is 12.1. The highest BCUT2D eigenvalue weighted by Crippen LogP contribution is 2.22. The average Bonchev–Trinajstić information content (AvgIpc) is 2.40. The normalized spacial score (nSPS) is 21.1. The zero-order chi connectivity index (χ0) is 12.1. The van der Waals surface area contributed by atoms with Gasteiger partial charge < -0.3 is 5.32 Å². The first kappa shape index (κ1) is 13.0. The van der Waals surface area contributed by atoms with E-state index >= 15 is 0 Å². The first-order valence-corrected chi connectivity index (χ1v) is 7.81. The van der Waals surface area contributed by atoms with Gasteiger partial charge in [0.2, 0.25) is 0 Å². The van der Waals surface area contributed by atoms with Crippen LogP contribution in [0.3, 0.4) is 0 Å². The molecule has 1 aliphatic rings. The van der Waals surface area contributed by atoms with Crippen LogP contribution in [-0.2, 0) is 0 Å². The Bertz CT molecular complexity index is 319. The van der Waals surface area contributed by atoms with Crippen LogP contribution in [0.15, 0.2) is 30.3 Å². The van der Waals surface area contributed by atoms with Crippen molar-refractivity contribution < 1.29 is 0 Å². The smallest absolute Gasteiger partial charge is 0.0107 e. The molecule has 2 atom stereocenters. The molecule has 1 fully saturated rings. The predicted molar refractivity (Wildman–Crippen MR) is 77.8 cm³/mol. The lowest BCUT2D eigenvalue weighted by molar-refractivity contribution is 0.390. The zero-order valence-electron chi connectivity index (χ0n) is 10.9. The molecule has 1 saturated heterocycles. The molecule has 1 N–H and O–H groups in total. The van der Waals surface area contributed by atoms with E-state index in [4.69, 9.17) is 0 Å². The third-order valence-electron chi connectivity index (χ3n) is 3.80. The fourth-order valence-corrected chi connectivity index (χ4v) is 3.53. The Morgan fingerprint density at radius 1 is 1.12 bits per heavy atom. The Labute approximate surface area is 109 Å². The summed E-state index contributed by atoms with van der Waals surface area (Å²) in [5, 5.41) is 3.80. The lowest BCUT2D eigenvalue weighted by atomic mass is 9.93. The van der Waals surface area contributed by atoms with Gasteiger partial charge in [0.15, 0.2) is 0 Å². The maximum absolute atomic E-state index is 3.80. The van der Waals surface area contributed by atoms with Gasteiger partial charge in [-0.25, -0.2) is 0 Å². The van der Waals surface area contributed by atoms with Crippen molar-refractivity contribution in [2.75, 3.05) is 11.5 Å². The number of hydrogen-bond donors (Lipinski definition) is 1. The van der Waals surface area contributed by atoms with E-state index in [9.17, 15) is 0 Å². The van der Waals surface area contributed by atoms with Crippen LogP contribution in [-0.4, -0.2) is 23.6 Å². The second-order valence-corrected chi connectivity index (χ2v) is 6.27. The van der Waals surface area contributed by atoms with Gasteiger partial charge in [-0.3, -0.25) is 0 Å². The van der Waals surface area contributed by atoms with Gasteiger partial charge in [-0.05, 0) is 42.8 Å². The molecule has 1 heterocycles. The zero-order valence-corrected chi connectivity index (χ0v) is 11.7. The molecule has 1 aromatic carbocycles. The van der Waals surface area contributed by atoms with Gasteiger partial charge in [0.1, 0.15) is 0 Å². The lowest BCUT2D eigenvalue weighted by Crippen LogP contribution is -2.41. The molecule has 0 saturated carbocycles. The predicted octanol–water partition coefficient (Wildman–Crippen LogP) is 3.66. The Kier molecular flexibility index (Phi) is 4.93. The summed E-state index contributed by atoms with van der Waals surface area (Å²) in [4.78, 5) is 0. The number of thioether (sulfide) groups is 1. The molecule has 0 aliphatic carbocycles. The lowest BCUT2D eigenvalue weighted by Gasteiger charge is -2.29. The molecule has 0 spiro atoms. The fourth-order valence-electron chi connectivity index (χ4n) is 2.43. The van der Waals surface area contributed by atoms with E-state index in [2.05, 4.69) is 61.3 Å². The molecule has 0 radical (unpaired) electrons. The fraction of sp³-hybridized carbons (Fsp3) is 0.600. The minimum Gasteiger partial charge on any atom is -0.311 e. The molecule has 2 rings (SSSR count). The maximum Gasteiger partial charge on any atom is 0.0107 e. The van der Waals surface area contributed by atoms with Crippen molar-refractivity contribution in [1.82, 2.24) is 5.32 Å². The molecule has 0 amide bonds. The first-order valence-electron chi connectivity index (χ1n) is 6.66. The van der Waals surface area contributed by atoms with Crippen LogP contribution < -0.4 is 5.32 Å². The Balaban J connectivity index is 1.88. The van der Waals surface area contributed by atoms with Gasteiger partial charge in [0.05, 0.1) is 0 Å². The van der Waals surface area contributed by atoms with E-state index in [-0.39, 0.29) is 0 Å². The van der Waals surface area contributed by atoms with Crippen molar-refractivity contribution in [1.29, 1.82) is 0 Å². The molecule has 0 bridgehead atoms. The third-order valence-corrected chi connectivity index (χ3v) is 4.84. The molecule has 17 heavy (non-hydrogen) atoms. The molecule has 1 aromatic rings. The van der Waals surface area contributed by atoms with Crippen molar-refractivity contribution >= 4 is 11.8 Å². The van der Waals surface area contributed by atoms with Crippen molar-refractivity contribution in [3.05, 3.63) is 35.9 Å². The first-order chi connectivity index (χ1) is 8.27. The number of rotatable bonds is 4. The van der Waals surface area contributed by atoms with Crippen LogP contribution >= 0.6 is 11.8 Å². The summed E-state index contributed by atoms with van der Waals surface area (Å²) >= 11 is 2.09. The van der Waals surface area contributed by atoms with Gasteiger partial charge in [0.25, 0.3) is 0 Å². The molecule has 2 heteroatoms. The summed E-state index contributed by atoms with van der Waals surface area (Å²) in [7, 11) is 0. The minimum atomic E-state index is 0.561. The van der Waals surface area contributed by atoms with Crippen LogP contribution in [0, 0.1) is 0 Å². The van der Waals surface area contributed by atoms with Crippen LogP contribution in [0.4, 0.5) is 0 Å². The Morgan fingerprint density at radius 3 is 2.41 bits per heavy atom. The van der Waals surface area contributed by atoms with Crippen LogP contribution in [0.25, 0.3) is 0 Å². The van der Waals surface area contributed by atoms with E-state index in [1.165, 1.54) is 29.9 Å². The van der Waals surface area contributed by atoms with Gasteiger partial charge >= 0.3 is 0 Å². The molecule has 1 nitrogen and oxygen atoms in total. The molecular formula is C15H23NS. The highest BCUT2D eigenvalue weighted by Gasteiger charge is 2.19. The second kappa shape index (κ2) is 6.46. The standard InChI is InChI=1S/C15H23NS/c1-12(14-6-4-3-5-7-14)13(2)16-15-8-10-17-11-9-15/h3-7,12-13,15-16H,8-11H2,1-2H3/t12-,13-/m0/s1. The van der Waals surface area contributed by atoms with E-state index in [1.807, 2.05) is 0 Å². The van der Waals surface area contributed by atoms with E-state index < -0.39 is 0 Å². The van der Waals surface area contributed by atoms with E-state index in [0.717, 1.165) is 6.04 Å². The van der Waals surface area contributed by atoms with Crippen LogP contribution in [0.2, 0.25) is 0 Å². The molecule has 0 aromatic heterocycles. The average molecular weight is 249 g/mol. The van der Waals surface area contributed by atoms with Crippen molar-refractivity contribution in [3.8, 4) is 0 Å². The van der Waals surface area contributed by atoms with Crippen molar-refractivity contribution in [2.45, 2.75) is 44.7 Å². The maximum atomic E-state index is 3.80. The summed E-state index contributed by atoms with van der Waals surface area (Å²) < 4.78 is 0. The number of nitrogens with one attached hydrogen (secondary N) is 1. The van der Waals surface area contributed by atoms with Crippen LogP contribution in [0.1, 0.15) is 38.2 Å². The topological polar surface area (TPSA) is 12.0 Å². The Hall–Kier alpha value is -0.470. The quantitative estimate of drug-likeness (QED) is 0.874. The molecule has 0 unspecified atom stereocenters. The summed E-state index contributed by atoms with van der Waals surface area (Å²) in [5.41, 5.74) is 1.44. The van der Waals surface area contributed by atoms with Gasteiger partial charge in [-0.1, -0.05) is 37.3 Å². The van der Waals surface area contributed by atoms with Crippen LogP contribution in [0.5, 0.6) is 0 Å². The number of hydrogen-bond acceptors (Lipinski definition) is 2. The summed E-state index contributed by atoms with van der Waals surface area (Å²) in [5.74, 6) is 3.24. The summed E-state index contributed by atoms with van der Waals surface area (Å²) in [6.45, 7) is 4.64. The van der Waals surface area contributed by atoms with Gasteiger partial charge in [-0.2, -0.15) is 11.8 Å². The monoisotopic (exact) mass is 249 g/mol. The molecule has 94 valence electrons. The largest absolute Gasteiger partial charge is 0.311 e. The van der Waals surface area contributed by atoms with Crippen molar-refractivity contribution in [3.63, 3.8) is 0 Å². The second-order valence-electron chi connectivity index (χ2n) is 5.04. The van der Waals surface area contributed by atoms with Gasteiger partial charge in [-0.15, -0.1) is 0 Å². The van der Waals surface area contributed by atoms with Crippen molar-refractivity contribution in [2.24, 2.45) is 0 Å². The SMILES string of the molecule is C[C@H](NC1CCSCC1)[C@H](C)c1ccccc1. The third kappa shape index (κ3) is 3.75. The molecular weight excluding hydrogens is 226 g/mol. The highest BCUT2D eigenvalue weighted by atomic mass is 32.2. The number of benzene rings is 1. The Morgan fingerprint density at radius 2 is 1.76 bits per heavy atom. The highest BCUT2D eigenvalue weighted by molar-refractivity contribution is 7.99.